The smallest absolute Gasteiger partial charge is 0.303 e. The van der Waals surface area contributed by atoms with Crippen molar-refractivity contribution >= 4 is 35.4 Å². The lowest BCUT2D eigenvalue weighted by atomic mass is 9.95. The molecule has 0 spiro atoms. The molecule has 12 heteroatoms. The molecule has 0 aromatic carbocycles. The average molecular weight is 445 g/mol. The van der Waals surface area contributed by atoms with Crippen molar-refractivity contribution < 1.29 is 43.2 Å². The van der Waals surface area contributed by atoms with Gasteiger partial charge in [0.1, 0.15) is 18.8 Å². The van der Waals surface area contributed by atoms with Crippen molar-refractivity contribution in [2.75, 3.05) is 6.61 Å². The van der Waals surface area contributed by atoms with Gasteiger partial charge in [0.25, 0.3) is 11.2 Å². The normalized spacial score (nSPS) is 28.2. The first-order valence-electron chi connectivity index (χ1n) is 8.79. The molecule has 164 valence electrons. The molecule has 1 saturated heterocycles. The predicted octanol–water partition coefficient (Wildman–Crippen LogP) is -0.110. The maximum absolute atomic E-state index is 12.6. The zero-order valence-corrected chi connectivity index (χ0v) is 17.1. The number of nitrogens with zero attached hydrogens (tertiary/aromatic N) is 1. The lowest BCUT2D eigenvalue weighted by Crippen LogP contribution is -2.70. The third kappa shape index (κ3) is 6.12. The molecule has 30 heavy (non-hydrogen) atoms. The highest BCUT2D eigenvalue weighted by Gasteiger charge is 2.57. The van der Waals surface area contributed by atoms with Gasteiger partial charge in [0.2, 0.25) is 0 Å². The number of hydrogen-bond donors (Lipinski definition) is 2. The first-order valence-corrected chi connectivity index (χ1v) is 9.17. The number of nitrogens with one attached hydrogen (secondary N) is 1. The minimum absolute atomic E-state index is 0.123. The van der Waals surface area contributed by atoms with Gasteiger partial charge in [-0.3, -0.25) is 24.2 Å². The van der Waals surface area contributed by atoms with Crippen LogP contribution in [0.15, 0.2) is 24.5 Å². The monoisotopic (exact) mass is 444 g/mol. The van der Waals surface area contributed by atoms with E-state index in [0.29, 0.717) is 0 Å². The molecule has 1 fully saturated rings. The van der Waals surface area contributed by atoms with E-state index in [0.717, 1.165) is 20.8 Å². The zero-order valence-electron chi connectivity index (χ0n) is 16.4. The number of pyridine rings is 1. The Labute approximate surface area is 176 Å². The summed E-state index contributed by atoms with van der Waals surface area (Å²) in [7, 11) is 0. The third-order valence-corrected chi connectivity index (χ3v) is 4.31. The van der Waals surface area contributed by atoms with Gasteiger partial charge in [0, 0.05) is 33.2 Å². The van der Waals surface area contributed by atoms with E-state index in [1.165, 1.54) is 24.5 Å². The van der Waals surface area contributed by atoms with E-state index < -0.39 is 60.0 Å². The lowest BCUT2D eigenvalue weighted by Gasteiger charge is -2.46. The van der Waals surface area contributed by atoms with E-state index in [4.69, 9.17) is 30.5 Å². The summed E-state index contributed by atoms with van der Waals surface area (Å²) in [5, 5.41) is 10.5. The number of carbonyl (C=O) groups is 4. The van der Waals surface area contributed by atoms with Crippen LogP contribution in [0.4, 0.5) is 0 Å². The van der Waals surface area contributed by atoms with Crippen molar-refractivity contribution in [3.63, 3.8) is 0 Å². The number of esters is 3. The molecule has 2 heterocycles. The maximum atomic E-state index is 12.6. The fourth-order valence-electron chi connectivity index (χ4n) is 2.84. The summed E-state index contributed by atoms with van der Waals surface area (Å²) in [6.45, 7) is 2.84. The van der Waals surface area contributed by atoms with Gasteiger partial charge >= 0.3 is 17.9 Å². The summed E-state index contributed by atoms with van der Waals surface area (Å²) in [5.41, 5.74) is 0.123. The molecule has 1 amide bonds. The Morgan fingerprint density at radius 1 is 1.17 bits per heavy atom. The van der Waals surface area contributed by atoms with Gasteiger partial charge in [-0.25, -0.2) is 0 Å². The van der Waals surface area contributed by atoms with Crippen molar-refractivity contribution in [1.82, 2.24) is 10.3 Å². The second kappa shape index (κ2) is 9.83. The second-order valence-electron chi connectivity index (χ2n) is 6.41. The minimum Gasteiger partial charge on any atom is -0.463 e. The van der Waals surface area contributed by atoms with Crippen LogP contribution in [0.25, 0.3) is 0 Å². The van der Waals surface area contributed by atoms with Gasteiger partial charge in [0.05, 0.1) is 5.56 Å². The molecule has 1 aliphatic heterocycles. The molecule has 1 aromatic rings. The van der Waals surface area contributed by atoms with Crippen molar-refractivity contribution in [1.29, 1.82) is 0 Å². The molecule has 0 saturated carbocycles. The van der Waals surface area contributed by atoms with Gasteiger partial charge in [-0.2, -0.15) is 0 Å². The van der Waals surface area contributed by atoms with Gasteiger partial charge < -0.3 is 29.4 Å². The highest BCUT2D eigenvalue weighted by Crippen LogP contribution is 2.35. The fourth-order valence-corrected chi connectivity index (χ4v) is 3.13. The molecule has 2 rings (SSSR count). The Hall–Kier alpha value is -2.76. The summed E-state index contributed by atoms with van der Waals surface area (Å²) in [5.74, 6) is -2.97. The first kappa shape index (κ1) is 23.5. The van der Waals surface area contributed by atoms with E-state index in [-0.39, 0.29) is 5.56 Å². The van der Waals surface area contributed by atoms with Crippen molar-refractivity contribution in [3.05, 3.63) is 30.1 Å². The third-order valence-electron chi connectivity index (χ3n) is 3.98. The average Bonchev–Trinajstić information content (AvgIpc) is 2.65. The van der Waals surface area contributed by atoms with Crippen molar-refractivity contribution in [3.8, 4) is 0 Å². The number of alkyl halides is 1. The molecule has 0 bridgehead atoms. The Morgan fingerprint density at radius 2 is 1.80 bits per heavy atom. The molecule has 0 radical (unpaired) electrons. The van der Waals surface area contributed by atoms with Crippen LogP contribution in [0.3, 0.4) is 0 Å². The van der Waals surface area contributed by atoms with Crippen molar-refractivity contribution in [2.24, 2.45) is 0 Å². The largest absolute Gasteiger partial charge is 0.463 e. The zero-order chi connectivity index (χ0) is 22.5. The second-order valence-corrected chi connectivity index (χ2v) is 6.95. The molecule has 2 N–H and O–H groups in total. The number of ether oxygens (including phenoxy) is 4. The van der Waals surface area contributed by atoms with Gasteiger partial charge in [-0.1, -0.05) is 11.6 Å². The number of carbonyl (C=O) groups excluding carboxylic acids is 4. The Morgan fingerprint density at radius 3 is 2.33 bits per heavy atom. The van der Waals surface area contributed by atoms with Crippen LogP contribution in [-0.4, -0.2) is 70.1 Å². The number of aromatic nitrogens is 1. The highest BCUT2D eigenvalue weighted by atomic mass is 35.5. The summed E-state index contributed by atoms with van der Waals surface area (Å²) in [6.07, 6.45) is -1.40. The molecule has 0 unspecified atom stereocenters. The first-order chi connectivity index (χ1) is 14.0. The minimum atomic E-state index is -2.60. The summed E-state index contributed by atoms with van der Waals surface area (Å²) in [6, 6.07) is 1.40. The Kier molecular flexibility index (Phi) is 7.71. The van der Waals surface area contributed by atoms with Crippen LogP contribution in [0.2, 0.25) is 0 Å². The van der Waals surface area contributed by atoms with Gasteiger partial charge in [-0.05, 0) is 12.1 Å². The van der Waals surface area contributed by atoms with Crippen LogP contribution in [0.1, 0.15) is 31.1 Å². The van der Waals surface area contributed by atoms with Gasteiger partial charge in [0.15, 0.2) is 12.2 Å². The number of amides is 1. The Bertz CT molecular complexity index is 802. The Balaban J connectivity index is 2.39. The van der Waals surface area contributed by atoms with Crippen LogP contribution >= 0.6 is 11.6 Å². The SMILES string of the molecule is CC(=O)OC[C@H]1O[C@@](O)(Cl)[C@@H](NC(=O)c2cccnc2)[C@@H](OC(C)=O)[C@@H]1OC(C)=O. The molecule has 11 nitrogen and oxygen atoms in total. The van der Waals surface area contributed by atoms with E-state index >= 15 is 0 Å². The molecular formula is C18H21ClN2O9. The quantitative estimate of drug-likeness (QED) is 0.345. The van der Waals surface area contributed by atoms with E-state index in [9.17, 15) is 24.3 Å². The highest BCUT2D eigenvalue weighted by molar-refractivity contribution is 6.22. The predicted molar refractivity (Wildman–Crippen MR) is 98.9 cm³/mol. The molecule has 1 aliphatic rings. The summed E-state index contributed by atoms with van der Waals surface area (Å²) < 4.78 is 20.6. The van der Waals surface area contributed by atoms with Gasteiger partial charge in [-0.15, -0.1) is 0 Å². The topological polar surface area (TPSA) is 150 Å². The van der Waals surface area contributed by atoms with Crippen LogP contribution in [0.5, 0.6) is 0 Å². The summed E-state index contributed by atoms with van der Waals surface area (Å²) in [4.78, 5) is 50.9. The van der Waals surface area contributed by atoms with Crippen LogP contribution in [0, 0.1) is 0 Å². The van der Waals surface area contributed by atoms with E-state index in [1.54, 1.807) is 0 Å². The number of hydrogen-bond acceptors (Lipinski definition) is 10. The van der Waals surface area contributed by atoms with E-state index in [2.05, 4.69) is 10.3 Å². The molecule has 5 atom stereocenters. The lowest BCUT2D eigenvalue weighted by molar-refractivity contribution is -0.283. The fraction of sp³-hybridized carbons (Fsp3) is 0.500. The number of rotatable bonds is 6. The van der Waals surface area contributed by atoms with Crippen molar-refractivity contribution in [2.45, 2.75) is 50.4 Å². The maximum Gasteiger partial charge on any atom is 0.303 e. The molecule has 0 aliphatic carbocycles. The van der Waals surface area contributed by atoms with Crippen LogP contribution in [-0.2, 0) is 33.3 Å². The number of halogens is 1. The summed E-state index contributed by atoms with van der Waals surface area (Å²) >= 11 is 6.09. The molecular weight excluding hydrogens is 424 g/mol. The molecule has 1 aromatic heterocycles. The number of aliphatic hydroxyl groups is 1. The standard InChI is InChI=1S/C18H21ClN2O9/c1-9(22)27-8-13-14(28-10(2)23)15(29-11(3)24)16(18(19,26)30-13)21-17(25)12-5-4-6-20-7-12/h4-7,13-16,26H,8H2,1-3H3,(H,21,25)/t13-,14-,15+,16+,18-/m1/s1. The van der Waals surface area contributed by atoms with E-state index in [1.807, 2.05) is 0 Å². The van der Waals surface area contributed by atoms with Crippen LogP contribution < -0.4 is 5.32 Å².